The van der Waals surface area contributed by atoms with E-state index in [-0.39, 0.29) is 5.82 Å². The molecule has 0 saturated carbocycles. The Morgan fingerprint density at radius 2 is 2.17 bits per heavy atom. The lowest BCUT2D eigenvalue weighted by atomic mass is 10.1. The van der Waals surface area contributed by atoms with Gasteiger partial charge in [0.25, 0.3) is 0 Å². The monoisotopic (exact) mass is 334 g/mol. The van der Waals surface area contributed by atoms with E-state index in [1.807, 2.05) is 12.3 Å². The van der Waals surface area contributed by atoms with E-state index in [1.165, 1.54) is 4.88 Å². The maximum Gasteiger partial charge on any atom is 0.191 e. The largest absolute Gasteiger partial charge is 0.356 e. The fourth-order valence-electron chi connectivity index (χ4n) is 2.07. The predicted molar refractivity (Wildman–Crippen MR) is 94.5 cm³/mol. The number of benzene rings is 1. The van der Waals surface area contributed by atoms with E-state index in [0.29, 0.717) is 18.1 Å². The van der Waals surface area contributed by atoms with Gasteiger partial charge >= 0.3 is 0 Å². The number of hydrogen-bond donors (Lipinski definition) is 2. The van der Waals surface area contributed by atoms with Gasteiger partial charge in [0.15, 0.2) is 5.96 Å². The number of thiazole rings is 1. The molecule has 1 aromatic heterocycles. The van der Waals surface area contributed by atoms with Crippen LogP contribution in [0.2, 0.25) is 0 Å². The SMILES string of the molecule is CCc1cnc(CCNC(=NC)NCc2ccc(C)c(F)c2)s1. The first kappa shape index (κ1) is 17.4. The summed E-state index contributed by atoms with van der Waals surface area (Å²) in [4.78, 5) is 9.89. The first-order valence-electron chi connectivity index (χ1n) is 7.75. The van der Waals surface area contributed by atoms with Crippen molar-refractivity contribution in [2.45, 2.75) is 33.2 Å². The zero-order chi connectivity index (χ0) is 16.7. The maximum absolute atomic E-state index is 13.5. The topological polar surface area (TPSA) is 49.3 Å². The number of hydrogen-bond acceptors (Lipinski definition) is 3. The predicted octanol–water partition coefficient (Wildman–Crippen LogP) is 3.06. The molecule has 2 N–H and O–H groups in total. The number of halogens is 1. The fourth-order valence-corrected chi connectivity index (χ4v) is 2.93. The highest BCUT2D eigenvalue weighted by Gasteiger charge is 2.03. The Bertz CT molecular complexity index is 666. The average molecular weight is 334 g/mol. The van der Waals surface area contributed by atoms with Crippen molar-refractivity contribution in [1.82, 2.24) is 15.6 Å². The van der Waals surface area contributed by atoms with Gasteiger partial charge in [0.1, 0.15) is 5.82 Å². The first-order chi connectivity index (χ1) is 11.1. The molecule has 0 radical (unpaired) electrons. The van der Waals surface area contributed by atoms with E-state index in [0.717, 1.165) is 30.0 Å². The van der Waals surface area contributed by atoms with Gasteiger partial charge in [0, 0.05) is 37.6 Å². The minimum Gasteiger partial charge on any atom is -0.356 e. The molecule has 4 nitrogen and oxygen atoms in total. The summed E-state index contributed by atoms with van der Waals surface area (Å²) in [7, 11) is 1.73. The van der Waals surface area contributed by atoms with E-state index in [1.54, 1.807) is 37.4 Å². The molecule has 124 valence electrons. The van der Waals surface area contributed by atoms with Gasteiger partial charge in [-0.2, -0.15) is 0 Å². The summed E-state index contributed by atoms with van der Waals surface area (Å²) in [6.07, 6.45) is 3.84. The third kappa shape index (κ3) is 5.32. The Morgan fingerprint density at radius 1 is 1.35 bits per heavy atom. The second-order valence-electron chi connectivity index (χ2n) is 5.26. The number of rotatable bonds is 6. The molecule has 0 atom stereocenters. The van der Waals surface area contributed by atoms with Crippen LogP contribution in [0.4, 0.5) is 4.39 Å². The highest BCUT2D eigenvalue weighted by atomic mass is 32.1. The first-order valence-corrected chi connectivity index (χ1v) is 8.57. The molecule has 0 saturated heterocycles. The van der Waals surface area contributed by atoms with E-state index in [9.17, 15) is 4.39 Å². The number of aliphatic imine (C=N–C) groups is 1. The third-order valence-corrected chi connectivity index (χ3v) is 4.70. The number of aromatic nitrogens is 1. The van der Waals surface area contributed by atoms with Gasteiger partial charge in [-0.1, -0.05) is 19.1 Å². The molecule has 0 aliphatic carbocycles. The van der Waals surface area contributed by atoms with Crippen LogP contribution in [0.15, 0.2) is 29.4 Å². The zero-order valence-corrected chi connectivity index (χ0v) is 14.6. The number of guanidine groups is 1. The summed E-state index contributed by atoms with van der Waals surface area (Å²) in [5.41, 5.74) is 1.55. The van der Waals surface area contributed by atoms with Gasteiger partial charge in [-0.3, -0.25) is 4.99 Å². The quantitative estimate of drug-likeness (QED) is 0.630. The summed E-state index contributed by atoms with van der Waals surface area (Å²) < 4.78 is 13.5. The summed E-state index contributed by atoms with van der Waals surface area (Å²) in [5.74, 6) is 0.529. The average Bonchev–Trinajstić information content (AvgIpc) is 3.02. The summed E-state index contributed by atoms with van der Waals surface area (Å²) in [6.45, 7) is 5.19. The minimum atomic E-state index is -0.178. The highest BCUT2D eigenvalue weighted by Crippen LogP contribution is 2.13. The molecular weight excluding hydrogens is 311 g/mol. The van der Waals surface area contributed by atoms with Crippen molar-refractivity contribution in [3.63, 3.8) is 0 Å². The number of nitrogens with one attached hydrogen (secondary N) is 2. The maximum atomic E-state index is 13.5. The normalized spacial score (nSPS) is 11.6. The Morgan fingerprint density at radius 3 is 2.83 bits per heavy atom. The second-order valence-corrected chi connectivity index (χ2v) is 6.46. The van der Waals surface area contributed by atoms with Gasteiger partial charge in [-0.15, -0.1) is 11.3 Å². The van der Waals surface area contributed by atoms with Crippen molar-refractivity contribution >= 4 is 17.3 Å². The van der Waals surface area contributed by atoms with Gasteiger partial charge in [0.2, 0.25) is 0 Å². The van der Waals surface area contributed by atoms with Crippen molar-refractivity contribution in [3.05, 3.63) is 51.2 Å². The molecule has 23 heavy (non-hydrogen) atoms. The van der Waals surface area contributed by atoms with Gasteiger partial charge in [-0.05, 0) is 30.5 Å². The Kier molecular flexibility index (Phi) is 6.52. The number of aryl methyl sites for hydroxylation is 2. The van der Waals surface area contributed by atoms with E-state index < -0.39 is 0 Å². The highest BCUT2D eigenvalue weighted by molar-refractivity contribution is 7.11. The second kappa shape index (κ2) is 8.62. The third-order valence-electron chi connectivity index (χ3n) is 3.50. The van der Waals surface area contributed by atoms with Crippen LogP contribution in [0.1, 0.15) is 27.9 Å². The van der Waals surface area contributed by atoms with Crippen molar-refractivity contribution in [2.75, 3.05) is 13.6 Å². The van der Waals surface area contributed by atoms with E-state index in [4.69, 9.17) is 0 Å². The zero-order valence-electron chi connectivity index (χ0n) is 13.8. The molecule has 0 amide bonds. The summed E-state index contributed by atoms with van der Waals surface area (Å²) in [6, 6.07) is 5.26. The summed E-state index contributed by atoms with van der Waals surface area (Å²) in [5, 5.41) is 7.57. The molecule has 6 heteroatoms. The molecule has 0 aliphatic rings. The number of nitrogens with zero attached hydrogens (tertiary/aromatic N) is 2. The fraction of sp³-hybridized carbons (Fsp3) is 0.412. The van der Waals surface area contributed by atoms with Crippen molar-refractivity contribution in [3.8, 4) is 0 Å². The van der Waals surface area contributed by atoms with Crippen LogP contribution in [0.5, 0.6) is 0 Å². The van der Waals surface area contributed by atoms with Crippen LogP contribution in [0, 0.1) is 12.7 Å². The van der Waals surface area contributed by atoms with E-state index >= 15 is 0 Å². The molecule has 0 fully saturated rings. The van der Waals surface area contributed by atoms with Crippen LogP contribution in [0.25, 0.3) is 0 Å². The molecule has 1 heterocycles. The Balaban J connectivity index is 1.77. The van der Waals surface area contributed by atoms with Gasteiger partial charge in [-0.25, -0.2) is 9.37 Å². The standard InChI is InChI=1S/C17H23FN4S/c1-4-14-11-21-16(23-14)7-8-20-17(19-3)22-10-13-6-5-12(2)15(18)9-13/h5-6,9,11H,4,7-8,10H2,1-3H3,(H2,19,20,22). The summed E-state index contributed by atoms with van der Waals surface area (Å²) >= 11 is 1.75. The van der Waals surface area contributed by atoms with Crippen LogP contribution in [0.3, 0.4) is 0 Å². The van der Waals surface area contributed by atoms with Crippen LogP contribution < -0.4 is 10.6 Å². The molecule has 2 rings (SSSR count). The lowest BCUT2D eigenvalue weighted by molar-refractivity contribution is 0.615. The molecule has 2 aromatic rings. The molecule has 1 aromatic carbocycles. The van der Waals surface area contributed by atoms with Crippen LogP contribution >= 0.6 is 11.3 Å². The molecular formula is C17H23FN4S. The minimum absolute atomic E-state index is 0.178. The van der Waals surface area contributed by atoms with Gasteiger partial charge in [0.05, 0.1) is 5.01 Å². The Hall–Kier alpha value is -1.95. The van der Waals surface area contributed by atoms with Crippen molar-refractivity contribution < 1.29 is 4.39 Å². The molecule has 0 bridgehead atoms. The van der Waals surface area contributed by atoms with Crippen molar-refractivity contribution in [1.29, 1.82) is 0 Å². The van der Waals surface area contributed by atoms with Crippen molar-refractivity contribution in [2.24, 2.45) is 4.99 Å². The lowest BCUT2D eigenvalue weighted by Crippen LogP contribution is -2.37. The van der Waals surface area contributed by atoms with Crippen LogP contribution in [-0.2, 0) is 19.4 Å². The molecule has 0 unspecified atom stereocenters. The molecule has 0 aliphatic heterocycles. The van der Waals surface area contributed by atoms with Crippen LogP contribution in [-0.4, -0.2) is 24.5 Å². The van der Waals surface area contributed by atoms with E-state index in [2.05, 4.69) is 27.5 Å². The Labute approximate surface area is 140 Å². The smallest absolute Gasteiger partial charge is 0.191 e. The molecule has 0 spiro atoms. The lowest BCUT2D eigenvalue weighted by Gasteiger charge is -2.11. The van der Waals surface area contributed by atoms with Gasteiger partial charge < -0.3 is 10.6 Å².